The molecule has 0 bridgehead atoms. The molecule has 0 radical (unpaired) electrons. The number of hydrogen-bond donors (Lipinski definition) is 1. The molecule has 1 aliphatic rings. The Hall–Kier alpha value is -1.80. The van der Waals surface area contributed by atoms with Crippen molar-refractivity contribution in [1.29, 1.82) is 5.26 Å². The van der Waals surface area contributed by atoms with Gasteiger partial charge in [-0.2, -0.15) is 5.26 Å². The molecule has 0 spiro atoms. The zero-order valence-corrected chi connectivity index (χ0v) is 15.0. The van der Waals surface area contributed by atoms with Crippen LogP contribution in [0.25, 0.3) is 6.08 Å². The minimum atomic E-state index is -0.293. The predicted molar refractivity (Wildman–Crippen MR) is 93.8 cm³/mol. The van der Waals surface area contributed by atoms with Crippen molar-refractivity contribution in [2.75, 3.05) is 7.11 Å². The van der Waals surface area contributed by atoms with E-state index in [2.05, 4.69) is 28.2 Å². The van der Waals surface area contributed by atoms with Crippen LogP contribution in [0.1, 0.15) is 38.2 Å². The summed E-state index contributed by atoms with van der Waals surface area (Å²) in [7, 11) is 1.59. The van der Waals surface area contributed by atoms with Crippen molar-refractivity contribution in [1.82, 2.24) is 5.32 Å². The van der Waals surface area contributed by atoms with E-state index in [1.165, 1.54) is 6.42 Å². The van der Waals surface area contributed by atoms with Crippen LogP contribution in [0.5, 0.6) is 5.75 Å². The van der Waals surface area contributed by atoms with Gasteiger partial charge in [0.1, 0.15) is 17.4 Å². The van der Waals surface area contributed by atoms with Crippen LogP contribution < -0.4 is 10.1 Å². The average molecular weight is 377 g/mol. The molecule has 1 fully saturated rings. The van der Waals surface area contributed by atoms with Crippen molar-refractivity contribution < 1.29 is 9.53 Å². The Morgan fingerprint density at radius 3 is 2.78 bits per heavy atom. The summed E-state index contributed by atoms with van der Waals surface area (Å²) in [5.74, 6) is 0.877. The van der Waals surface area contributed by atoms with Crippen LogP contribution in [0.15, 0.2) is 28.2 Å². The molecule has 2 atom stereocenters. The van der Waals surface area contributed by atoms with Crippen molar-refractivity contribution in [3.8, 4) is 11.8 Å². The first-order valence-corrected chi connectivity index (χ1v) is 8.60. The van der Waals surface area contributed by atoms with Gasteiger partial charge in [-0.05, 0) is 58.5 Å². The Morgan fingerprint density at radius 1 is 1.43 bits per heavy atom. The van der Waals surface area contributed by atoms with Crippen molar-refractivity contribution >= 4 is 27.9 Å². The number of carbonyl (C=O) groups is 1. The van der Waals surface area contributed by atoms with Gasteiger partial charge in [-0.25, -0.2) is 0 Å². The second-order valence-electron chi connectivity index (χ2n) is 5.91. The van der Waals surface area contributed by atoms with E-state index in [9.17, 15) is 10.1 Å². The Bertz CT molecular complexity index is 649. The summed E-state index contributed by atoms with van der Waals surface area (Å²) in [4.78, 5) is 12.4. The highest BCUT2D eigenvalue weighted by molar-refractivity contribution is 9.10. The van der Waals surface area contributed by atoms with Crippen LogP contribution in [-0.2, 0) is 4.79 Å². The number of amides is 1. The summed E-state index contributed by atoms with van der Waals surface area (Å²) in [5.41, 5.74) is 0.904. The van der Waals surface area contributed by atoms with E-state index >= 15 is 0 Å². The predicted octanol–water partition coefficient (Wildman–Crippen LogP) is 4.06. The molecule has 122 valence electrons. The number of rotatable bonds is 4. The van der Waals surface area contributed by atoms with Crippen LogP contribution in [0, 0.1) is 17.2 Å². The summed E-state index contributed by atoms with van der Waals surface area (Å²) in [6.07, 6.45) is 6.06. The Balaban J connectivity index is 2.13. The highest BCUT2D eigenvalue weighted by atomic mass is 79.9. The number of nitriles is 1. The monoisotopic (exact) mass is 376 g/mol. The molecule has 1 saturated carbocycles. The first-order valence-electron chi connectivity index (χ1n) is 7.81. The third kappa shape index (κ3) is 4.59. The zero-order chi connectivity index (χ0) is 16.8. The van der Waals surface area contributed by atoms with E-state index in [1.54, 1.807) is 19.3 Å². The van der Waals surface area contributed by atoms with Crippen molar-refractivity contribution in [2.24, 2.45) is 5.92 Å². The van der Waals surface area contributed by atoms with Gasteiger partial charge in [-0.3, -0.25) is 4.79 Å². The van der Waals surface area contributed by atoms with Crippen LogP contribution in [0.2, 0.25) is 0 Å². The maximum Gasteiger partial charge on any atom is 0.262 e. The molecule has 2 rings (SSSR count). The highest BCUT2D eigenvalue weighted by Gasteiger charge is 2.24. The minimum Gasteiger partial charge on any atom is -0.496 e. The minimum absolute atomic E-state index is 0.125. The first-order chi connectivity index (χ1) is 11.0. The Kier molecular flexibility index (Phi) is 6.23. The lowest BCUT2D eigenvalue weighted by atomic mass is 9.86. The van der Waals surface area contributed by atoms with E-state index in [-0.39, 0.29) is 17.5 Å². The third-order valence-corrected chi connectivity index (χ3v) is 4.90. The van der Waals surface area contributed by atoms with Gasteiger partial charge in [-0.1, -0.05) is 25.8 Å². The summed E-state index contributed by atoms with van der Waals surface area (Å²) < 4.78 is 5.96. The smallest absolute Gasteiger partial charge is 0.262 e. The largest absolute Gasteiger partial charge is 0.496 e. The fourth-order valence-electron chi connectivity index (χ4n) is 2.86. The zero-order valence-electron chi connectivity index (χ0n) is 13.4. The van der Waals surface area contributed by atoms with Crippen LogP contribution in [0.4, 0.5) is 0 Å². The maximum atomic E-state index is 12.4. The SMILES string of the molecule is COc1ccc(/C=C(\C#N)C(=O)N[C@@H]2CCCC[C@H]2C)cc1Br. The summed E-state index contributed by atoms with van der Waals surface area (Å²) >= 11 is 3.41. The standard InChI is InChI=1S/C18H21BrN2O2/c1-12-5-3-4-6-16(12)21-18(22)14(11-20)9-13-7-8-17(23-2)15(19)10-13/h7-10,12,16H,3-6H2,1-2H3,(H,21,22)/b14-9+/t12-,16-/m1/s1. The molecule has 0 unspecified atom stereocenters. The summed E-state index contributed by atoms with van der Waals surface area (Å²) in [6.45, 7) is 2.15. The molecule has 1 aromatic carbocycles. The molecule has 1 amide bonds. The molecular formula is C18H21BrN2O2. The van der Waals surface area contributed by atoms with Gasteiger partial charge in [0.2, 0.25) is 0 Å². The molecule has 1 aromatic rings. The van der Waals surface area contributed by atoms with E-state index in [4.69, 9.17) is 4.74 Å². The lowest BCUT2D eigenvalue weighted by Gasteiger charge is -2.29. The maximum absolute atomic E-state index is 12.4. The second-order valence-corrected chi connectivity index (χ2v) is 6.76. The van der Waals surface area contributed by atoms with Crippen molar-refractivity contribution in [3.63, 3.8) is 0 Å². The van der Waals surface area contributed by atoms with Crippen LogP contribution >= 0.6 is 15.9 Å². The van der Waals surface area contributed by atoms with E-state index in [1.807, 2.05) is 18.2 Å². The summed E-state index contributed by atoms with van der Waals surface area (Å²) in [6, 6.07) is 7.61. The number of nitrogens with one attached hydrogen (secondary N) is 1. The van der Waals surface area contributed by atoms with E-state index in [0.717, 1.165) is 29.3 Å². The normalized spacial score (nSPS) is 21.4. The number of nitrogens with zero attached hydrogens (tertiary/aromatic N) is 1. The van der Waals surface area contributed by atoms with Crippen LogP contribution in [-0.4, -0.2) is 19.1 Å². The molecule has 0 aliphatic heterocycles. The lowest BCUT2D eigenvalue weighted by Crippen LogP contribution is -2.41. The van der Waals surface area contributed by atoms with Gasteiger partial charge in [0.05, 0.1) is 11.6 Å². The number of halogens is 1. The van der Waals surface area contributed by atoms with E-state index < -0.39 is 0 Å². The van der Waals surface area contributed by atoms with Gasteiger partial charge in [0, 0.05) is 6.04 Å². The molecular weight excluding hydrogens is 356 g/mol. The topological polar surface area (TPSA) is 62.1 Å². The van der Waals surface area contributed by atoms with Gasteiger partial charge >= 0.3 is 0 Å². The van der Waals surface area contributed by atoms with Gasteiger partial charge in [0.15, 0.2) is 0 Å². The van der Waals surface area contributed by atoms with Crippen molar-refractivity contribution in [2.45, 2.75) is 38.6 Å². The number of methoxy groups -OCH3 is 1. The van der Waals surface area contributed by atoms with Crippen molar-refractivity contribution in [3.05, 3.63) is 33.8 Å². The first kappa shape index (κ1) is 17.6. The third-order valence-electron chi connectivity index (χ3n) is 4.28. The number of hydrogen-bond acceptors (Lipinski definition) is 3. The molecule has 1 aliphatic carbocycles. The Labute approximate surface area is 145 Å². The molecule has 0 aromatic heterocycles. The summed E-state index contributed by atoms with van der Waals surface area (Å²) in [5, 5.41) is 12.3. The van der Waals surface area contributed by atoms with Gasteiger partial charge < -0.3 is 10.1 Å². The number of ether oxygens (including phenoxy) is 1. The fourth-order valence-corrected chi connectivity index (χ4v) is 3.42. The Morgan fingerprint density at radius 2 is 2.17 bits per heavy atom. The highest BCUT2D eigenvalue weighted by Crippen LogP contribution is 2.27. The van der Waals surface area contributed by atoms with Gasteiger partial charge in [-0.15, -0.1) is 0 Å². The van der Waals surface area contributed by atoms with E-state index in [0.29, 0.717) is 11.7 Å². The van der Waals surface area contributed by atoms with Gasteiger partial charge in [0.25, 0.3) is 5.91 Å². The number of benzene rings is 1. The molecule has 0 heterocycles. The molecule has 5 heteroatoms. The lowest BCUT2D eigenvalue weighted by molar-refractivity contribution is -0.118. The molecule has 23 heavy (non-hydrogen) atoms. The fraction of sp³-hybridized carbons (Fsp3) is 0.444. The molecule has 4 nitrogen and oxygen atoms in total. The number of carbonyl (C=O) groups excluding carboxylic acids is 1. The quantitative estimate of drug-likeness (QED) is 0.636. The average Bonchev–Trinajstić information content (AvgIpc) is 2.54. The molecule has 0 saturated heterocycles. The van der Waals surface area contributed by atoms with Crippen LogP contribution in [0.3, 0.4) is 0 Å². The second kappa shape index (κ2) is 8.16. The molecule has 1 N–H and O–H groups in total.